The van der Waals surface area contributed by atoms with Gasteiger partial charge in [0, 0.05) is 5.03 Å². The highest BCUT2D eigenvalue weighted by Crippen LogP contribution is 2.13. The molecular weight excluding hydrogens is 188 g/mol. The van der Waals surface area contributed by atoms with Crippen LogP contribution in [0.5, 0.6) is 5.75 Å². The van der Waals surface area contributed by atoms with Crippen LogP contribution in [0.1, 0.15) is 5.56 Å². The van der Waals surface area contributed by atoms with Crippen molar-refractivity contribution in [2.45, 2.75) is 6.61 Å². The van der Waals surface area contributed by atoms with Crippen molar-refractivity contribution in [3.05, 3.63) is 41.4 Å². The standard InChI is InChI=1S/C10H11ClO2/c1-8(11)7-13-10-4-2-9(6-12)3-5-10/h2-5,12H,1,6-7H2. The summed E-state index contributed by atoms with van der Waals surface area (Å²) in [5, 5.41) is 9.23. The SMILES string of the molecule is C=C(Cl)COc1ccc(CO)cc1. The zero-order valence-corrected chi connectivity index (χ0v) is 7.92. The summed E-state index contributed by atoms with van der Waals surface area (Å²) in [7, 11) is 0. The van der Waals surface area contributed by atoms with E-state index in [9.17, 15) is 0 Å². The van der Waals surface area contributed by atoms with Crippen LogP contribution >= 0.6 is 11.6 Å². The van der Waals surface area contributed by atoms with E-state index < -0.39 is 0 Å². The van der Waals surface area contributed by atoms with E-state index in [4.69, 9.17) is 21.4 Å². The molecule has 0 atom stereocenters. The zero-order chi connectivity index (χ0) is 9.68. The smallest absolute Gasteiger partial charge is 0.123 e. The average Bonchev–Trinajstić information content (AvgIpc) is 2.15. The quantitative estimate of drug-likeness (QED) is 0.805. The summed E-state index contributed by atoms with van der Waals surface area (Å²) in [6.45, 7) is 3.85. The molecule has 0 fully saturated rings. The van der Waals surface area contributed by atoms with Crippen LogP contribution in [0.4, 0.5) is 0 Å². The summed E-state index contributed by atoms with van der Waals surface area (Å²) >= 11 is 5.53. The molecular formula is C10H11ClO2. The van der Waals surface area contributed by atoms with E-state index in [1.54, 1.807) is 24.3 Å². The Morgan fingerprint density at radius 2 is 2.00 bits per heavy atom. The topological polar surface area (TPSA) is 29.5 Å². The van der Waals surface area contributed by atoms with Gasteiger partial charge in [0.2, 0.25) is 0 Å². The van der Waals surface area contributed by atoms with Gasteiger partial charge >= 0.3 is 0 Å². The minimum Gasteiger partial charge on any atom is -0.488 e. The number of aliphatic hydroxyl groups excluding tert-OH is 1. The van der Waals surface area contributed by atoms with Gasteiger partial charge in [-0.25, -0.2) is 0 Å². The molecule has 0 radical (unpaired) electrons. The fourth-order valence-corrected chi connectivity index (χ4v) is 0.907. The summed E-state index contributed by atoms with van der Waals surface area (Å²) in [4.78, 5) is 0. The van der Waals surface area contributed by atoms with E-state index >= 15 is 0 Å². The molecule has 0 unspecified atom stereocenters. The van der Waals surface area contributed by atoms with Crippen molar-refractivity contribution in [3.8, 4) is 5.75 Å². The maximum Gasteiger partial charge on any atom is 0.123 e. The lowest BCUT2D eigenvalue weighted by molar-refractivity contribution is 0.281. The van der Waals surface area contributed by atoms with Crippen LogP contribution in [-0.2, 0) is 6.61 Å². The fraction of sp³-hybridized carbons (Fsp3) is 0.200. The summed E-state index contributed by atoms with van der Waals surface area (Å²) in [6, 6.07) is 7.16. The lowest BCUT2D eigenvalue weighted by atomic mass is 10.2. The second-order valence-electron chi connectivity index (χ2n) is 2.61. The van der Waals surface area contributed by atoms with Crippen molar-refractivity contribution < 1.29 is 9.84 Å². The molecule has 0 aromatic heterocycles. The number of rotatable bonds is 4. The van der Waals surface area contributed by atoms with Crippen LogP contribution < -0.4 is 4.74 Å². The molecule has 0 aliphatic heterocycles. The fourth-order valence-electron chi connectivity index (χ4n) is 0.853. The Labute approximate surface area is 82.4 Å². The third-order valence-electron chi connectivity index (χ3n) is 1.50. The summed E-state index contributed by atoms with van der Waals surface area (Å²) in [6.07, 6.45) is 0. The Hall–Kier alpha value is -0.990. The van der Waals surface area contributed by atoms with E-state index in [0.717, 1.165) is 11.3 Å². The number of aliphatic hydroxyl groups is 1. The highest BCUT2D eigenvalue weighted by Gasteiger charge is 1.94. The van der Waals surface area contributed by atoms with Gasteiger partial charge in [0.1, 0.15) is 12.4 Å². The Balaban J connectivity index is 2.54. The summed E-state index contributed by atoms with van der Waals surface area (Å²) in [5.74, 6) is 0.721. The third kappa shape index (κ3) is 3.49. The number of hydrogen-bond donors (Lipinski definition) is 1. The van der Waals surface area contributed by atoms with Crippen molar-refractivity contribution in [2.75, 3.05) is 6.61 Å². The molecule has 1 aromatic rings. The molecule has 1 rings (SSSR count). The first-order valence-corrected chi connectivity index (χ1v) is 4.26. The first-order valence-electron chi connectivity index (χ1n) is 3.88. The summed E-state index contributed by atoms with van der Waals surface area (Å²) < 4.78 is 5.25. The van der Waals surface area contributed by atoms with E-state index in [1.807, 2.05) is 0 Å². The first kappa shape index (κ1) is 10.1. The predicted octanol–water partition coefficient (Wildman–Crippen LogP) is 2.31. The highest BCUT2D eigenvalue weighted by molar-refractivity contribution is 6.29. The Kier molecular flexibility index (Phi) is 3.80. The second kappa shape index (κ2) is 4.90. The molecule has 0 aliphatic rings. The molecule has 3 heteroatoms. The molecule has 0 bridgehead atoms. The lowest BCUT2D eigenvalue weighted by Crippen LogP contribution is -1.96. The summed E-state index contributed by atoms with van der Waals surface area (Å²) in [5.41, 5.74) is 0.858. The van der Waals surface area contributed by atoms with Crippen molar-refractivity contribution >= 4 is 11.6 Å². The van der Waals surface area contributed by atoms with E-state index in [1.165, 1.54) is 0 Å². The first-order chi connectivity index (χ1) is 6.22. The van der Waals surface area contributed by atoms with Crippen LogP contribution in [0.15, 0.2) is 35.9 Å². The van der Waals surface area contributed by atoms with Gasteiger partial charge in [-0.1, -0.05) is 30.3 Å². The van der Waals surface area contributed by atoms with Gasteiger partial charge in [-0.3, -0.25) is 0 Å². The monoisotopic (exact) mass is 198 g/mol. The molecule has 0 saturated heterocycles. The number of halogens is 1. The molecule has 0 spiro atoms. The number of benzene rings is 1. The van der Waals surface area contributed by atoms with Crippen molar-refractivity contribution in [1.29, 1.82) is 0 Å². The highest BCUT2D eigenvalue weighted by atomic mass is 35.5. The van der Waals surface area contributed by atoms with Crippen LogP contribution in [0.2, 0.25) is 0 Å². The van der Waals surface area contributed by atoms with E-state index in [2.05, 4.69) is 6.58 Å². The predicted molar refractivity (Wildman–Crippen MR) is 52.9 cm³/mol. The van der Waals surface area contributed by atoms with Crippen molar-refractivity contribution in [1.82, 2.24) is 0 Å². The molecule has 0 saturated carbocycles. The molecule has 0 amide bonds. The Morgan fingerprint density at radius 1 is 1.38 bits per heavy atom. The van der Waals surface area contributed by atoms with Gasteiger partial charge in [-0.15, -0.1) is 0 Å². The van der Waals surface area contributed by atoms with Crippen LogP contribution in [0, 0.1) is 0 Å². The van der Waals surface area contributed by atoms with E-state index in [-0.39, 0.29) is 6.61 Å². The molecule has 2 nitrogen and oxygen atoms in total. The largest absolute Gasteiger partial charge is 0.488 e. The zero-order valence-electron chi connectivity index (χ0n) is 7.16. The third-order valence-corrected chi connectivity index (χ3v) is 1.61. The van der Waals surface area contributed by atoms with Gasteiger partial charge in [0.05, 0.1) is 6.61 Å². The second-order valence-corrected chi connectivity index (χ2v) is 3.14. The van der Waals surface area contributed by atoms with Gasteiger partial charge in [-0.05, 0) is 17.7 Å². The van der Waals surface area contributed by atoms with Crippen LogP contribution in [0.25, 0.3) is 0 Å². The molecule has 13 heavy (non-hydrogen) atoms. The minimum atomic E-state index is 0.0441. The molecule has 1 N–H and O–H groups in total. The van der Waals surface area contributed by atoms with Gasteiger partial charge in [0.25, 0.3) is 0 Å². The van der Waals surface area contributed by atoms with Crippen LogP contribution in [0.3, 0.4) is 0 Å². The van der Waals surface area contributed by atoms with Crippen molar-refractivity contribution in [2.24, 2.45) is 0 Å². The minimum absolute atomic E-state index is 0.0441. The normalized spacial score (nSPS) is 9.69. The van der Waals surface area contributed by atoms with Gasteiger partial charge in [-0.2, -0.15) is 0 Å². The Morgan fingerprint density at radius 3 is 2.46 bits per heavy atom. The molecule has 0 heterocycles. The molecule has 1 aromatic carbocycles. The average molecular weight is 199 g/mol. The van der Waals surface area contributed by atoms with Crippen molar-refractivity contribution in [3.63, 3.8) is 0 Å². The molecule has 0 aliphatic carbocycles. The lowest BCUT2D eigenvalue weighted by Gasteiger charge is -2.04. The van der Waals surface area contributed by atoms with Crippen LogP contribution in [-0.4, -0.2) is 11.7 Å². The van der Waals surface area contributed by atoms with Gasteiger partial charge in [0.15, 0.2) is 0 Å². The van der Waals surface area contributed by atoms with Gasteiger partial charge < -0.3 is 9.84 Å². The molecule has 70 valence electrons. The maximum atomic E-state index is 8.77. The number of ether oxygens (including phenoxy) is 1. The number of hydrogen-bond acceptors (Lipinski definition) is 2. The maximum absolute atomic E-state index is 8.77. The van der Waals surface area contributed by atoms with E-state index in [0.29, 0.717) is 11.6 Å². The Bertz CT molecular complexity index is 279.